The van der Waals surface area contributed by atoms with Gasteiger partial charge in [0.2, 0.25) is 4.77 Å². The minimum atomic E-state index is 0.622. The molecule has 1 atom stereocenters. The summed E-state index contributed by atoms with van der Waals surface area (Å²) in [4.78, 5) is 8.90. The highest BCUT2D eigenvalue weighted by atomic mass is 32.2. The van der Waals surface area contributed by atoms with E-state index < -0.39 is 0 Å². The topological polar surface area (TPSA) is 50.4 Å². The van der Waals surface area contributed by atoms with Crippen molar-refractivity contribution >= 4 is 51.2 Å². The Morgan fingerprint density at radius 3 is 3.15 bits per heavy atom. The van der Waals surface area contributed by atoms with Crippen molar-refractivity contribution in [2.75, 3.05) is 19.8 Å². The minimum Gasteiger partial charge on any atom is -0.333 e. The van der Waals surface area contributed by atoms with Crippen LogP contribution in [0.2, 0.25) is 0 Å². The van der Waals surface area contributed by atoms with Gasteiger partial charge in [-0.2, -0.15) is 5.10 Å². The monoisotopic (exact) mass is 324 g/mol. The number of aromatic nitrogens is 4. The number of rotatable bonds is 1. The Labute approximate surface area is 129 Å². The Bertz CT molecular complexity index is 875. The number of likely N-dealkylation sites (N-methyl/N-ethyl adjacent to an activating group) is 1. The molecule has 0 saturated carbocycles. The molecule has 3 aromatic rings. The van der Waals surface area contributed by atoms with Gasteiger partial charge in [0.1, 0.15) is 11.4 Å². The molecule has 0 spiro atoms. The highest BCUT2D eigenvalue weighted by Gasteiger charge is 2.25. The van der Waals surface area contributed by atoms with Crippen LogP contribution in [0.1, 0.15) is 10.4 Å². The Kier molecular flexibility index (Phi) is 2.88. The van der Waals surface area contributed by atoms with E-state index in [-0.39, 0.29) is 0 Å². The molecular weight excluding hydrogens is 310 g/mol. The average molecular weight is 324 g/mol. The van der Waals surface area contributed by atoms with E-state index in [1.54, 1.807) is 16.7 Å². The van der Waals surface area contributed by atoms with Gasteiger partial charge < -0.3 is 4.90 Å². The van der Waals surface area contributed by atoms with Gasteiger partial charge in [-0.3, -0.25) is 5.10 Å². The summed E-state index contributed by atoms with van der Waals surface area (Å²) in [6.45, 7) is 2.25. The van der Waals surface area contributed by atoms with E-state index in [1.807, 2.05) is 22.0 Å². The quantitative estimate of drug-likeness (QED) is 0.402. The van der Waals surface area contributed by atoms with Crippen molar-refractivity contribution in [1.82, 2.24) is 19.6 Å². The maximum Gasteiger partial charge on any atom is 0.201 e. The van der Waals surface area contributed by atoms with Crippen LogP contribution in [0.3, 0.4) is 0 Å². The van der Waals surface area contributed by atoms with E-state index in [0.29, 0.717) is 4.77 Å². The molecule has 0 amide bonds. The molecule has 1 aliphatic heterocycles. The molecular formula is C12H14N5S3+. The van der Waals surface area contributed by atoms with Gasteiger partial charge in [0.25, 0.3) is 0 Å². The van der Waals surface area contributed by atoms with Crippen LogP contribution in [0.4, 0.5) is 0 Å². The number of hydrogen-bond donors (Lipinski definition) is 2. The third-order valence-electron chi connectivity index (χ3n) is 3.80. The van der Waals surface area contributed by atoms with Crippen LogP contribution in [-0.4, -0.2) is 39.4 Å². The van der Waals surface area contributed by atoms with E-state index in [9.17, 15) is 0 Å². The Morgan fingerprint density at radius 2 is 2.35 bits per heavy atom. The molecule has 0 fully saturated rings. The van der Waals surface area contributed by atoms with Gasteiger partial charge in [0.05, 0.1) is 23.9 Å². The maximum absolute atomic E-state index is 5.34. The second-order valence-corrected chi connectivity index (χ2v) is 7.35. The molecule has 0 radical (unpaired) electrons. The fourth-order valence-electron chi connectivity index (χ4n) is 2.83. The van der Waals surface area contributed by atoms with Gasteiger partial charge >= 0.3 is 0 Å². The molecule has 2 N–H and O–H groups in total. The summed E-state index contributed by atoms with van der Waals surface area (Å²) in [7, 11) is 2.24. The average Bonchev–Trinajstić information content (AvgIpc) is 2.98. The van der Waals surface area contributed by atoms with Crippen LogP contribution < -0.4 is 4.90 Å². The van der Waals surface area contributed by atoms with Crippen molar-refractivity contribution in [3.63, 3.8) is 0 Å². The van der Waals surface area contributed by atoms with Crippen molar-refractivity contribution in [2.45, 2.75) is 18.1 Å². The molecule has 5 nitrogen and oxygen atoms in total. The lowest BCUT2D eigenvalue weighted by molar-refractivity contribution is -0.895. The molecule has 0 saturated heterocycles. The molecule has 20 heavy (non-hydrogen) atoms. The first kappa shape index (κ1) is 12.8. The van der Waals surface area contributed by atoms with Crippen molar-refractivity contribution < 1.29 is 4.90 Å². The zero-order chi connectivity index (χ0) is 13.9. The second kappa shape index (κ2) is 4.52. The second-order valence-electron chi connectivity index (χ2n) is 5.10. The molecule has 4 heterocycles. The number of nitrogens with zero attached hydrogens (tertiary/aromatic N) is 3. The van der Waals surface area contributed by atoms with Crippen LogP contribution in [0.5, 0.6) is 0 Å². The lowest BCUT2D eigenvalue weighted by atomic mass is 10.1. The third kappa shape index (κ3) is 1.68. The SMILES string of the molecule is CSc1nc2sc3c(c2c2n[nH]c(=S)n12)CC[NH+](C)C3. The molecule has 0 bridgehead atoms. The summed E-state index contributed by atoms with van der Waals surface area (Å²) < 4.78 is 2.58. The first-order valence-electron chi connectivity index (χ1n) is 6.45. The molecule has 0 aromatic carbocycles. The summed E-state index contributed by atoms with van der Waals surface area (Å²) in [6, 6.07) is 0. The number of quaternary nitrogens is 1. The molecule has 3 aromatic heterocycles. The Morgan fingerprint density at radius 1 is 1.50 bits per heavy atom. The van der Waals surface area contributed by atoms with Crippen molar-refractivity contribution in [3.05, 3.63) is 15.2 Å². The maximum atomic E-state index is 5.34. The Hall–Kier alpha value is -0.960. The van der Waals surface area contributed by atoms with Crippen LogP contribution in [-0.2, 0) is 13.0 Å². The predicted molar refractivity (Wildman–Crippen MR) is 84.5 cm³/mol. The first-order chi connectivity index (χ1) is 9.69. The highest BCUT2D eigenvalue weighted by molar-refractivity contribution is 7.98. The summed E-state index contributed by atoms with van der Waals surface area (Å²) in [5.41, 5.74) is 2.36. The summed E-state index contributed by atoms with van der Waals surface area (Å²) in [5.74, 6) is 0. The van der Waals surface area contributed by atoms with Gasteiger partial charge in [-0.15, -0.1) is 11.3 Å². The zero-order valence-corrected chi connectivity index (χ0v) is 13.6. The number of hydrogen-bond acceptors (Lipinski definition) is 5. The van der Waals surface area contributed by atoms with Crippen molar-refractivity contribution in [1.29, 1.82) is 0 Å². The fourth-order valence-corrected chi connectivity index (χ4v) is 5.04. The molecule has 4 rings (SSSR count). The number of aromatic amines is 1. The summed E-state index contributed by atoms with van der Waals surface area (Å²) >= 11 is 8.76. The summed E-state index contributed by atoms with van der Waals surface area (Å²) in [5, 5.41) is 9.46. The molecule has 8 heteroatoms. The zero-order valence-electron chi connectivity index (χ0n) is 11.2. The van der Waals surface area contributed by atoms with Crippen LogP contribution in [0.25, 0.3) is 15.9 Å². The van der Waals surface area contributed by atoms with Gasteiger partial charge in [0, 0.05) is 6.42 Å². The van der Waals surface area contributed by atoms with Crippen LogP contribution in [0, 0.1) is 4.77 Å². The molecule has 1 unspecified atom stereocenters. The minimum absolute atomic E-state index is 0.622. The van der Waals surface area contributed by atoms with Crippen LogP contribution in [0.15, 0.2) is 5.16 Å². The van der Waals surface area contributed by atoms with Gasteiger partial charge in [-0.05, 0) is 24.0 Å². The molecule has 104 valence electrons. The van der Waals surface area contributed by atoms with Crippen LogP contribution >= 0.6 is 35.3 Å². The smallest absolute Gasteiger partial charge is 0.201 e. The lowest BCUT2D eigenvalue weighted by Gasteiger charge is -2.19. The predicted octanol–water partition coefficient (Wildman–Crippen LogP) is 1.29. The van der Waals surface area contributed by atoms with E-state index in [2.05, 4.69) is 17.2 Å². The number of nitrogens with one attached hydrogen (secondary N) is 2. The van der Waals surface area contributed by atoms with Crippen molar-refractivity contribution in [3.8, 4) is 0 Å². The Balaban J connectivity index is 2.15. The number of thiophene rings is 1. The number of thioether (sulfide) groups is 1. The summed E-state index contributed by atoms with van der Waals surface area (Å²) in [6.07, 6.45) is 3.12. The third-order valence-corrected chi connectivity index (χ3v) is 5.84. The molecule has 0 aliphatic carbocycles. The van der Waals surface area contributed by atoms with Crippen molar-refractivity contribution in [2.24, 2.45) is 0 Å². The van der Waals surface area contributed by atoms with E-state index in [0.717, 1.165) is 28.6 Å². The van der Waals surface area contributed by atoms with E-state index in [4.69, 9.17) is 17.2 Å². The number of H-pyrrole nitrogens is 1. The highest BCUT2D eigenvalue weighted by Crippen LogP contribution is 2.35. The normalized spacial score (nSPS) is 18.8. The van der Waals surface area contributed by atoms with E-state index in [1.165, 1.54) is 22.4 Å². The van der Waals surface area contributed by atoms with Gasteiger partial charge in [-0.1, -0.05) is 11.8 Å². The first-order valence-corrected chi connectivity index (χ1v) is 8.90. The fraction of sp³-hybridized carbons (Fsp3) is 0.417. The number of fused-ring (bicyclic) bond motifs is 5. The molecule has 1 aliphatic rings. The van der Waals surface area contributed by atoms with Gasteiger partial charge in [-0.25, -0.2) is 9.38 Å². The lowest BCUT2D eigenvalue weighted by Crippen LogP contribution is -3.08. The van der Waals surface area contributed by atoms with E-state index >= 15 is 0 Å². The van der Waals surface area contributed by atoms with Gasteiger partial charge in [0.15, 0.2) is 10.8 Å². The largest absolute Gasteiger partial charge is 0.333 e. The standard InChI is InChI=1S/C12H13N5S3/c1-16-4-3-6-7(5-16)20-10-8(6)9-14-15-11(18)17(9)12(13-10)19-2/h3-5H2,1-2H3,(H,15,18)/p+1.